The van der Waals surface area contributed by atoms with Crippen molar-refractivity contribution < 1.29 is 14.3 Å². The molecule has 12 heteroatoms. The molecule has 2 fully saturated rings. The number of aromatic nitrogens is 3. The first kappa shape index (κ1) is 21.9. The summed E-state index contributed by atoms with van der Waals surface area (Å²) in [4.78, 5) is 21.0. The molecule has 1 amide bonds. The predicted molar refractivity (Wildman–Crippen MR) is 121 cm³/mol. The molecule has 4 aliphatic rings. The van der Waals surface area contributed by atoms with Crippen molar-refractivity contribution in [2.45, 2.75) is 49.9 Å². The Morgan fingerprint density at radius 1 is 1.18 bits per heavy atom. The van der Waals surface area contributed by atoms with Gasteiger partial charge in [-0.1, -0.05) is 6.08 Å². The summed E-state index contributed by atoms with van der Waals surface area (Å²) < 4.78 is 10.9. The fourth-order valence-corrected chi connectivity index (χ4v) is 4.68. The van der Waals surface area contributed by atoms with Crippen molar-refractivity contribution >= 4 is 29.6 Å². The van der Waals surface area contributed by atoms with Crippen LogP contribution in [0.1, 0.15) is 36.2 Å². The number of hydrazone groups is 1. The zero-order chi connectivity index (χ0) is 22.8. The van der Waals surface area contributed by atoms with Crippen LogP contribution >= 0.6 is 0 Å². The maximum Gasteiger partial charge on any atom is 0.273 e. The van der Waals surface area contributed by atoms with Gasteiger partial charge in [0.25, 0.3) is 5.91 Å². The summed E-state index contributed by atoms with van der Waals surface area (Å²) in [6.45, 7) is 2.61. The number of ether oxygens (including phenoxy) is 2. The Bertz CT molecular complexity index is 976. The van der Waals surface area contributed by atoms with E-state index < -0.39 is 5.91 Å². The van der Waals surface area contributed by atoms with E-state index in [2.05, 4.69) is 41.7 Å². The second kappa shape index (κ2) is 9.49. The molecule has 0 aromatic carbocycles. The first-order chi connectivity index (χ1) is 16.1. The van der Waals surface area contributed by atoms with Crippen LogP contribution in [0.4, 0.5) is 11.8 Å². The zero-order valence-corrected chi connectivity index (χ0v) is 18.3. The minimum Gasteiger partial charge on any atom is -0.381 e. The summed E-state index contributed by atoms with van der Waals surface area (Å²) in [5.74, 6) is -0.113. The molecule has 33 heavy (non-hydrogen) atoms. The number of nitrogens with zero attached hydrogens (tertiary/aromatic N) is 6. The zero-order valence-electron chi connectivity index (χ0n) is 18.3. The lowest BCUT2D eigenvalue weighted by molar-refractivity contribution is 0.0265. The molecule has 1 aliphatic carbocycles. The number of primary amides is 1. The first-order valence-electron chi connectivity index (χ1n) is 11.4. The Morgan fingerprint density at radius 2 is 2.00 bits per heavy atom. The average Bonchev–Trinajstić information content (AvgIpc) is 3.24. The molecule has 1 aromatic rings. The van der Waals surface area contributed by atoms with Crippen molar-refractivity contribution in [1.82, 2.24) is 20.2 Å². The van der Waals surface area contributed by atoms with Crippen LogP contribution in [0.2, 0.25) is 0 Å². The number of anilines is 1. The second-order valence-electron chi connectivity index (χ2n) is 8.76. The molecule has 1 aromatic heterocycles. The van der Waals surface area contributed by atoms with Crippen molar-refractivity contribution in [2.24, 2.45) is 27.5 Å². The van der Waals surface area contributed by atoms with Gasteiger partial charge in [-0.05, 0) is 31.8 Å². The fraction of sp³-hybridized carbons (Fsp3) is 0.619. The molecular weight excluding hydrogens is 426 g/mol. The van der Waals surface area contributed by atoms with Crippen molar-refractivity contribution in [3.05, 3.63) is 17.8 Å². The van der Waals surface area contributed by atoms with Gasteiger partial charge in [0, 0.05) is 49.7 Å². The molecule has 0 bridgehead atoms. The highest BCUT2D eigenvalue weighted by Gasteiger charge is 2.36. The van der Waals surface area contributed by atoms with Crippen LogP contribution in [0.25, 0.3) is 0 Å². The van der Waals surface area contributed by atoms with Gasteiger partial charge in [-0.15, -0.1) is 10.2 Å². The lowest BCUT2D eigenvalue weighted by Crippen LogP contribution is -2.47. The summed E-state index contributed by atoms with van der Waals surface area (Å²) in [6, 6.07) is 0.359. The van der Waals surface area contributed by atoms with Gasteiger partial charge < -0.3 is 26.3 Å². The number of fused-ring (bicyclic) bond motifs is 1. The molecule has 2 saturated heterocycles. The van der Waals surface area contributed by atoms with Crippen LogP contribution in [0, 0.1) is 5.92 Å². The van der Waals surface area contributed by atoms with E-state index in [0.29, 0.717) is 25.7 Å². The molecule has 0 saturated carbocycles. The predicted octanol–water partition coefficient (Wildman–Crippen LogP) is -0.00380. The van der Waals surface area contributed by atoms with Gasteiger partial charge in [-0.25, -0.2) is 4.99 Å². The van der Waals surface area contributed by atoms with E-state index in [1.54, 1.807) is 0 Å². The Hall–Kier alpha value is -2.96. The second-order valence-corrected chi connectivity index (χ2v) is 8.76. The Labute approximate surface area is 191 Å². The third-order valence-electron chi connectivity index (χ3n) is 6.50. The summed E-state index contributed by atoms with van der Waals surface area (Å²) in [5.41, 5.74) is 12.3. The number of allylic oxidation sites excluding steroid dienone is 1. The maximum atomic E-state index is 11.9. The number of hydrogen-bond donors (Lipinski definition) is 3. The van der Waals surface area contributed by atoms with Gasteiger partial charge in [-0.3, -0.25) is 9.80 Å². The van der Waals surface area contributed by atoms with Crippen molar-refractivity contribution in [2.75, 3.05) is 31.7 Å². The quantitative estimate of drug-likeness (QED) is 0.553. The number of hydrogen-bond acceptors (Lipinski definition) is 11. The van der Waals surface area contributed by atoms with Crippen LogP contribution in [-0.2, 0) is 9.47 Å². The van der Waals surface area contributed by atoms with Gasteiger partial charge in [0.1, 0.15) is 0 Å². The Kier molecular flexibility index (Phi) is 6.29. The van der Waals surface area contributed by atoms with Gasteiger partial charge in [-0.2, -0.15) is 10.1 Å². The maximum absolute atomic E-state index is 11.9. The smallest absolute Gasteiger partial charge is 0.273 e. The number of carbonyl (C=O) groups is 1. The SMILES string of the molecule is NC(=O)c1nnc(N[C@@H]2CCOC[C@@H]2N)nc1N=C1C=CC2C(C=NN2C2CCOCC2)C1. The van der Waals surface area contributed by atoms with Gasteiger partial charge in [0.05, 0.1) is 18.7 Å². The molecule has 5 N–H and O–H groups in total. The number of aliphatic imine (C=N–C) groups is 1. The molecule has 176 valence electrons. The molecule has 12 nitrogen and oxygen atoms in total. The van der Waals surface area contributed by atoms with E-state index in [9.17, 15) is 4.79 Å². The highest BCUT2D eigenvalue weighted by molar-refractivity contribution is 6.02. The van der Waals surface area contributed by atoms with Crippen molar-refractivity contribution in [1.29, 1.82) is 0 Å². The van der Waals surface area contributed by atoms with Gasteiger partial charge >= 0.3 is 0 Å². The van der Waals surface area contributed by atoms with E-state index in [1.165, 1.54) is 0 Å². The Morgan fingerprint density at radius 3 is 2.79 bits per heavy atom. The molecule has 0 spiro atoms. The number of amides is 1. The van der Waals surface area contributed by atoms with E-state index in [-0.39, 0.29) is 41.5 Å². The molecule has 2 unspecified atom stereocenters. The van der Waals surface area contributed by atoms with E-state index in [1.807, 2.05) is 12.3 Å². The lowest BCUT2D eigenvalue weighted by atomic mass is 9.89. The molecule has 3 aliphatic heterocycles. The third kappa shape index (κ3) is 4.72. The minimum absolute atomic E-state index is 0.0540. The molecule has 0 radical (unpaired) electrons. The van der Waals surface area contributed by atoms with E-state index in [4.69, 9.17) is 20.9 Å². The monoisotopic (exact) mass is 455 g/mol. The van der Waals surface area contributed by atoms with Crippen LogP contribution in [0.15, 0.2) is 22.2 Å². The van der Waals surface area contributed by atoms with Crippen LogP contribution in [0.5, 0.6) is 0 Å². The van der Waals surface area contributed by atoms with Crippen LogP contribution in [0.3, 0.4) is 0 Å². The molecule has 5 rings (SSSR count). The van der Waals surface area contributed by atoms with E-state index in [0.717, 1.165) is 38.2 Å². The largest absolute Gasteiger partial charge is 0.381 e. The third-order valence-corrected chi connectivity index (χ3v) is 6.50. The molecule has 4 atom stereocenters. The average molecular weight is 456 g/mol. The topological polar surface area (TPSA) is 166 Å². The number of nitrogens with one attached hydrogen (secondary N) is 1. The normalized spacial score (nSPS) is 31.1. The van der Waals surface area contributed by atoms with Crippen molar-refractivity contribution in [3.63, 3.8) is 0 Å². The molecular formula is C21H29N9O3. The van der Waals surface area contributed by atoms with E-state index >= 15 is 0 Å². The highest BCUT2D eigenvalue weighted by Crippen LogP contribution is 2.31. The number of rotatable bonds is 5. The lowest BCUT2D eigenvalue weighted by Gasteiger charge is -2.36. The summed E-state index contributed by atoms with van der Waals surface area (Å²) in [5, 5.41) is 18.0. The van der Waals surface area contributed by atoms with Gasteiger partial charge in [0.15, 0.2) is 11.5 Å². The first-order valence-corrected chi connectivity index (χ1v) is 11.4. The van der Waals surface area contributed by atoms with Crippen LogP contribution < -0.4 is 16.8 Å². The Balaban J connectivity index is 1.35. The molecule has 4 heterocycles. The summed E-state index contributed by atoms with van der Waals surface area (Å²) in [6.07, 6.45) is 9.45. The van der Waals surface area contributed by atoms with Crippen molar-refractivity contribution in [3.8, 4) is 0 Å². The standard InChI is InChI=1S/C21H29N9O3/c22-15-11-33-8-5-16(15)26-21-27-20(18(19(23)31)28-29-21)25-13-1-2-17-12(9-13)10-24-30(17)14-3-6-32-7-4-14/h1-2,10,12,14-17H,3-9,11,22H2,(H2,23,31)(H,26,27,29)/t12?,15-,16+,17?/m0/s1. The minimum atomic E-state index is -0.727. The number of carbonyl (C=O) groups excluding carboxylic acids is 1. The van der Waals surface area contributed by atoms with Crippen LogP contribution in [-0.4, -0.2) is 88.6 Å². The summed E-state index contributed by atoms with van der Waals surface area (Å²) in [7, 11) is 0. The van der Waals surface area contributed by atoms with Gasteiger partial charge in [0.2, 0.25) is 5.95 Å². The highest BCUT2D eigenvalue weighted by atomic mass is 16.5. The number of nitrogens with two attached hydrogens (primary N) is 2. The summed E-state index contributed by atoms with van der Waals surface area (Å²) >= 11 is 0. The fourth-order valence-electron chi connectivity index (χ4n) is 4.68.